The third-order valence-corrected chi connectivity index (χ3v) is 1.92. The Morgan fingerprint density at radius 3 is 1.94 bits per heavy atom. The summed E-state index contributed by atoms with van der Waals surface area (Å²) in [6, 6.07) is 3.50. The molecule has 0 spiro atoms. The zero-order chi connectivity index (χ0) is 11.5. The van der Waals surface area contributed by atoms with E-state index in [-0.39, 0.29) is 0 Å². The lowest BCUT2D eigenvalue weighted by Crippen LogP contribution is -2.04. The number of oxime groups is 1. The number of rotatable bonds is 3. The van der Waals surface area contributed by atoms with Crippen LogP contribution in [0, 0.1) is 13.8 Å². The first-order valence-electron chi connectivity index (χ1n) is 4.69. The van der Waals surface area contributed by atoms with Crippen molar-refractivity contribution in [3.63, 3.8) is 0 Å². The maximum absolute atomic E-state index is 4.98. The first-order chi connectivity index (χ1) is 7.70. The second-order valence-electron chi connectivity index (χ2n) is 3.27. The number of nitrogens with zero attached hydrogens (tertiary/aromatic N) is 3. The summed E-state index contributed by atoms with van der Waals surface area (Å²) in [5.41, 5.74) is 1.61. The maximum Gasteiger partial charge on any atom is 0.161 e. The molecule has 2 rings (SSSR count). The highest BCUT2D eigenvalue weighted by molar-refractivity contribution is 6.10. The van der Waals surface area contributed by atoms with Gasteiger partial charge in [0.25, 0.3) is 0 Å². The predicted octanol–water partition coefficient (Wildman–Crippen LogP) is 1.68. The van der Waals surface area contributed by atoms with Crippen LogP contribution in [0.2, 0.25) is 0 Å². The molecule has 0 saturated carbocycles. The summed E-state index contributed by atoms with van der Waals surface area (Å²) < 4.78 is 9.95. The molecule has 16 heavy (non-hydrogen) atoms. The van der Waals surface area contributed by atoms with Gasteiger partial charge in [0.05, 0.1) is 0 Å². The summed E-state index contributed by atoms with van der Waals surface area (Å²) in [6.07, 6.45) is 0. The van der Waals surface area contributed by atoms with Crippen LogP contribution in [-0.2, 0) is 4.84 Å². The molecule has 2 heterocycles. The molecular formula is C10H11N3O3. The smallest absolute Gasteiger partial charge is 0.161 e. The van der Waals surface area contributed by atoms with Crippen LogP contribution in [0.3, 0.4) is 0 Å². The van der Waals surface area contributed by atoms with Crippen molar-refractivity contribution in [2.45, 2.75) is 13.8 Å². The predicted molar refractivity (Wildman–Crippen MR) is 55.1 cm³/mol. The Morgan fingerprint density at radius 1 is 1.12 bits per heavy atom. The third kappa shape index (κ3) is 1.95. The zero-order valence-electron chi connectivity index (χ0n) is 9.22. The van der Waals surface area contributed by atoms with Crippen molar-refractivity contribution in [1.29, 1.82) is 0 Å². The van der Waals surface area contributed by atoms with Crippen LogP contribution in [0.25, 0.3) is 0 Å². The van der Waals surface area contributed by atoms with E-state index in [1.165, 1.54) is 7.11 Å². The molecule has 0 fully saturated rings. The molecule has 84 valence electrons. The maximum atomic E-state index is 4.98. The summed E-state index contributed by atoms with van der Waals surface area (Å²) in [5, 5.41) is 11.6. The van der Waals surface area contributed by atoms with Gasteiger partial charge in [-0.05, 0) is 13.8 Å². The Balaban J connectivity index is 2.42. The van der Waals surface area contributed by atoms with Gasteiger partial charge in [0, 0.05) is 12.1 Å². The summed E-state index contributed by atoms with van der Waals surface area (Å²) in [7, 11) is 1.46. The minimum atomic E-state index is 0.483. The number of hydrogen-bond donors (Lipinski definition) is 0. The van der Waals surface area contributed by atoms with Crippen molar-refractivity contribution in [1.82, 2.24) is 10.3 Å². The lowest BCUT2D eigenvalue weighted by molar-refractivity contribution is 0.213. The average molecular weight is 221 g/mol. The van der Waals surface area contributed by atoms with E-state index in [1.807, 2.05) is 0 Å². The summed E-state index contributed by atoms with van der Waals surface area (Å²) in [4.78, 5) is 4.76. The van der Waals surface area contributed by atoms with Crippen LogP contribution < -0.4 is 0 Å². The Bertz CT molecular complexity index is 471. The van der Waals surface area contributed by atoms with Gasteiger partial charge in [0.15, 0.2) is 5.71 Å². The van der Waals surface area contributed by atoms with Gasteiger partial charge in [-0.2, -0.15) is 0 Å². The van der Waals surface area contributed by atoms with Crippen LogP contribution in [0.15, 0.2) is 26.3 Å². The lowest BCUT2D eigenvalue weighted by Gasteiger charge is -1.95. The molecule has 6 heteroatoms. The summed E-state index contributed by atoms with van der Waals surface area (Å²) in [5.74, 6) is 1.39. The third-order valence-electron chi connectivity index (χ3n) is 1.92. The number of aromatic nitrogens is 2. The highest BCUT2D eigenvalue weighted by atomic mass is 16.6. The molecule has 0 aromatic carbocycles. The van der Waals surface area contributed by atoms with Crippen molar-refractivity contribution < 1.29 is 13.9 Å². The lowest BCUT2D eigenvalue weighted by atomic mass is 10.2. The second kappa shape index (κ2) is 4.18. The Labute approximate surface area is 91.8 Å². The molecule has 0 aliphatic rings. The van der Waals surface area contributed by atoms with Gasteiger partial charge in [-0.25, -0.2) is 0 Å². The average Bonchev–Trinajstić information content (AvgIpc) is 2.84. The largest absolute Gasteiger partial charge is 0.399 e. The van der Waals surface area contributed by atoms with Crippen LogP contribution in [0.4, 0.5) is 0 Å². The Hall–Kier alpha value is -2.11. The molecule has 0 radical (unpaired) electrons. The van der Waals surface area contributed by atoms with Crippen molar-refractivity contribution in [2.24, 2.45) is 5.16 Å². The van der Waals surface area contributed by atoms with E-state index in [9.17, 15) is 0 Å². The first-order valence-corrected chi connectivity index (χ1v) is 4.69. The molecule has 0 unspecified atom stereocenters. The summed E-state index contributed by atoms with van der Waals surface area (Å²) in [6.45, 7) is 3.60. The Morgan fingerprint density at radius 2 is 1.62 bits per heavy atom. The van der Waals surface area contributed by atoms with E-state index in [4.69, 9.17) is 13.9 Å². The van der Waals surface area contributed by atoms with Crippen LogP contribution in [0.1, 0.15) is 22.9 Å². The minimum Gasteiger partial charge on any atom is -0.399 e. The van der Waals surface area contributed by atoms with E-state index >= 15 is 0 Å². The fraction of sp³-hybridized carbons (Fsp3) is 0.300. The molecule has 0 aliphatic carbocycles. The molecule has 0 atom stereocenters. The molecule has 2 aromatic heterocycles. The van der Waals surface area contributed by atoms with Crippen molar-refractivity contribution in [3.05, 3.63) is 35.0 Å². The molecule has 0 bridgehead atoms. The van der Waals surface area contributed by atoms with Crippen LogP contribution >= 0.6 is 0 Å². The van der Waals surface area contributed by atoms with Crippen LogP contribution in [0.5, 0.6) is 0 Å². The van der Waals surface area contributed by atoms with Gasteiger partial charge in [-0.1, -0.05) is 15.5 Å². The monoisotopic (exact) mass is 221 g/mol. The first kappa shape index (κ1) is 10.4. The molecule has 2 aromatic rings. The molecular weight excluding hydrogens is 210 g/mol. The standard InChI is InChI=1S/C10H11N3O3/c1-6-4-8(11-15-6)10(13-14-3)9-5-7(2)16-12-9/h4-5H,1-3H3. The Kier molecular flexibility index (Phi) is 2.72. The molecule has 0 saturated heterocycles. The van der Waals surface area contributed by atoms with Gasteiger partial charge >= 0.3 is 0 Å². The molecule has 0 aliphatic heterocycles. The van der Waals surface area contributed by atoms with E-state index in [2.05, 4.69) is 15.5 Å². The second-order valence-corrected chi connectivity index (χ2v) is 3.27. The van der Waals surface area contributed by atoms with Crippen molar-refractivity contribution in [3.8, 4) is 0 Å². The normalized spacial score (nSPS) is 10.2. The SMILES string of the molecule is CON=C(c1cc(C)on1)c1cc(C)on1. The molecule has 0 amide bonds. The van der Waals surface area contributed by atoms with Gasteiger partial charge in [-0.3, -0.25) is 0 Å². The number of aryl methyl sites for hydroxylation is 2. The topological polar surface area (TPSA) is 73.7 Å². The minimum absolute atomic E-state index is 0.483. The van der Waals surface area contributed by atoms with E-state index in [1.54, 1.807) is 26.0 Å². The van der Waals surface area contributed by atoms with E-state index in [0.717, 1.165) is 0 Å². The van der Waals surface area contributed by atoms with E-state index < -0.39 is 0 Å². The molecule has 0 N–H and O–H groups in total. The van der Waals surface area contributed by atoms with Gasteiger partial charge in [0.2, 0.25) is 0 Å². The van der Waals surface area contributed by atoms with Gasteiger partial charge in [-0.15, -0.1) is 0 Å². The fourth-order valence-corrected chi connectivity index (χ4v) is 1.27. The highest BCUT2D eigenvalue weighted by Crippen LogP contribution is 2.11. The highest BCUT2D eigenvalue weighted by Gasteiger charge is 2.16. The van der Waals surface area contributed by atoms with Crippen molar-refractivity contribution >= 4 is 5.71 Å². The summed E-state index contributed by atoms with van der Waals surface area (Å²) >= 11 is 0. The quantitative estimate of drug-likeness (QED) is 0.582. The fourth-order valence-electron chi connectivity index (χ4n) is 1.27. The van der Waals surface area contributed by atoms with Crippen LogP contribution in [-0.4, -0.2) is 23.1 Å². The van der Waals surface area contributed by atoms with Crippen molar-refractivity contribution in [2.75, 3.05) is 7.11 Å². The number of hydrogen-bond acceptors (Lipinski definition) is 6. The molecule has 6 nitrogen and oxygen atoms in total. The van der Waals surface area contributed by atoms with Gasteiger partial charge in [0.1, 0.15) is 30.0 Å². The van der Waals surface area contributed by atoms with E-state index in [0.29, 0.717) is 28.6 Å². The van der Waals surface area contributed by atoms with Gasteiger partial charge < -0.3 is 13.9 Å². The zero-order valence-corrected chi connectivity index (χ0v) is 9.22.